The molecule has 1 atom stereocenters. The second-order valence-corrected chi connectivity index (χ2v) is 5.57. The molecule has 0 saturated carbocycles. The number of likely N-dealkylation sites (tertiary alicyclic amines) is 1. The molecule has 1 aliphatic rings. The van der Waals surface area contributed by atoms with Gasteiger partial charge in [-0.2, -0.15) is 0 Å². The van der Waals surface area contributed by atoms with Crippen LogP contribution in [-0.2, 0) is 9.59 Å². The number of hydrogen-bond donors (Lipinski definition) is 1. The number of benzene rings is 1. The fourth-order valence-electron chi connectivity index (χ4n) is 2.47. The number of rotatable bonds is 5. The second kappa shape index (κ2) is 7.28. The second-order valence-electron chi connectivity index (χ2n) is 5.16. The summed E-state index contributed by atoms with van der Waals surface area (Å²) in [4.78, 5) is 35.1. The number of carbonyl (C=O) groups excluding carboxylic acids is 2. The standard InChI is InChI=1S/C14H16ClN3O5/c15-10-7-9(18(21)22)4-5-12(10)23-8-13(19)17-6-2-1-3-11(17)14(16)20/h4-5,7,11H,1-3,6,8H2,(H2,16,20)/t11-/m0/s1. The molecule has 0 unspecified atom stereocenters. The van der Waals surface area contributed by atoms with Crippen molar-refractivity contribution in [3.63, 3.8) is 0 Å². The highest BCUT2D eigenvalue weighted by Crippen LogP contribution is 2.28. The van der Waals surface area contributed by atoms with Crippen molar-refractivity contribution in [2.24, 2.45) is 5.73 Å². The summed E-state index contributed by atoms with van der Waals surface area (Å²) in [6.45, 7) is 0.130. The number of non-ortho nitro benzene ring substituents is 1. The number of hydrogen-bond acceptors (Lipinski definition) is 5. The summed E-state index contributed by atoms with van der Waals surface area (Å²) < 4.78 is 5.32. The van der Waals surface area contributed by atoms with Gasteiger partial charge in [0.25, 0.3) is 11.6 Å². The number of nitro benzene ring substituents is 1. The van der Waals surface area contributed by atoms with Crippen LogP contribution in [0.25, 0.3) is 0 Å². The number of piperidine rings is 1. The molecule has 2 amide bonds. The van der Waals surface area contributed by atoms with Crippen molar-refractivity contribution in [1.82, 2.24) is 4.90 Å². The monoisotopic (exact) mass is 341 g/mol. The van der Waals surface area contributed by atoms with Gasteiger partial charge in [0.15, 0.2) is 6.61 Å². The van der Waals surface area contributed by atoms with Crippen LogP contribution in [0, 0.1) is 10.1 Å². The number of primary amides is 1. The fourth-order valence-corrected chi connectivity index (χ4v) is 2.70. The van der Waals surface area contributed by atoms with Crippen LogP contribution in [0.1, 0.15) is 19.3 Å². The molecule has 23 heavy (non-hydrogen) atoms. The Morgan fingerprint density at radius 1 is 1.43 bits per heavy atom. The third-order valence-corrected chi connectivity index (χ3v) is 3.92. The zero-order chi connectivity index (χ0) is 17.0. The maximum Gasteiger partial charge on any atom is 0.271 e. The first kappa shape index (κ1) is 17.0. The van der Waals surface area contributed by atoms with E-state index in [1.807, 2.05) is 0 Å². The molecular formula is C14H16ClN3O5. The molecule has 2 N–H and O–H groups in total. The third kappa shape index (κ3) is 4.10. The fraction of sp³-hybridized carbons (Fsp3) is 0.429. The molecule has 1 aromatic carbocycles. The van der Waals surface area contributed by atoms with Gasteiger partial charge in [-0.15, -0.1) is 0 Å². The van der Waals surface area contributed by atoms with E-state index in [9.17, 15) is 19.7 Å². The number of nitrogens with two attached hydrogens (primary N) is 1. The van der Waals surface area contributed by atoms with Gasteiger partial charge in [0, 0.05) is 18.7 Å². The lowest BCUT2D eigenvalue weighted by Crippen LogP contribution is -2.51. The Morgan fingerprint density at radius 3 is 2.78 bits per heavy atom. The van der Waals surface area contributed by atoms with Crippen molar-refractivity contribution in [3.05, 3.63) is 33.3 Å². The van der Waals surface area contributed by atoms with E-state index in [0.29, 0.717) is 13.0 Å². The Morgan fingerprint density at radius 2 is 2.17 bits per heavy atom. The lowest BCUT2D eigenvalue weighted by molar-refractivity contribution is -0.384. The first-order chi connectivity index (χ1) is 10.9. The van der Waals surface area contributed by atoms with E-state index in [-0.39, 0.29) is 29.0 Å². The van der Waals surface area contributed by atoms with Crippen LogP contribution in [0.4, 0.5) is 5.69 Å². The van der Waals surface area contributed by atoms with Crippen molar-refractivity contribution in [1.29, 1.82) is 0 Å². The number of carbonyl (C=O) groups is 2. The number of halogens is 1. The van der Waals surface area contributed by atoms with Gasteiger partial charge in [-0.05, 0) is 25.3 Å². The molecular weight excluding hydrogens is 326 g/mol. The Kier molecular flexibility index (Phi) is 5.38. The first-order valence-corrected chi connectivity index (χ1v) is 7.43. The van der Waals surface area contributed by atoms with Crippen LogP contribution >= 0.6 is 11.6 Å². The summed E-state index contributed by atoms with van der Waals surface area (Å²) in [5.41, 5.74) is 5.15. The van der Waals surface area contributed by atoms with Crippen molar-refractivity contribution in [2.75, 3.05) is 13.2 Å². The van der Waals surface area contributed by atoms with E-state index >= 15 is 0 Å². The Bertz CT molecular complexity index is 637. The summed E-state index contributed by atoms with van der Waals surface area (Å²) >= 11 is 5.89. The van der Waals surface area contributed by atoms with Crippen LogP contribution in [0.2, 0.25) is 5.02 Å². The normalized spacial score (nSPS) is 17.6. The van der Waals surface area contributed by atoms with E-state index in [4.69, 9.17) is 22.1 Å². The molecule has 0 bridgehead atoms. The SMILES string of the molecule is NC(=O)[C@@H]1CCCCN1C(=O)COc1ccc([N+](=O)[O-])cc1Cl. The average molecular weight is 342 g/mol. The number of nitrogens with zero attached hydrogens (tertiary/aromatic N) is 2. The van der Waals surface area contributed by atoms with Crippen molar-refractivity contribution < 1.29 is 19.2 Å². The van der Waals surface area contributed by atoms with Gasteiger partial charge in [-0.25, -0.2) is 0 Å². The van der Waals surface area contributed by atoms with Gasteiger partial charge in [0.1, 0.15) is 11.8 Å². The molecule has 1 aliphatic heterocycles. The molecule has 0 radical (unpaired) electrons. The summed E-state index contributed by atoms with van der Waals surface area (Å²) in [7, 11) is 0. The average Bonchev–Trinajstić information content (AvgIpc) is 2.53. The molecule has 2 rings (SSSR count). The van der Waals surface area contributed by atoms with Crippen LogP contribution in [0.5, 0.6) is 5.75 Å². The molecule has 1 heterocycles. The topological polar surface area (TPSA) is 116 Å². The van der Waals surface area contributed by atoms with Crippen molar-refractivity contribution in [3.8, 4) is 5.75 Å². The molecule has 0 aromatic heterocycles. The summed E-state index contributed by atoms with van der Waals surface area (Å²) in [6.07, 6.45) is 2.18. The van der Waals surface area contributed by atoms with Crippen LogP contribution in [0.3, 0.4) is 0 Å². The van der Waals surface area contributed by atoms with Crippen LogP contribution in [0.15, 0.2) is 18.2 Å². The van der Waals surface area contributed by atoms with Gasteiger partial charge in [0.05, 0.1) is 9.95 Å². The Balaban J connectivity index is 2.01. The van der Waals surface area contributed by atoms with Gasteiger partial charge < -0.3 is 15.4 Å². The maximum atomic E-state index is 12.2. The summed E-state index contributed by atoms with van der Waals surface area (Å²) in [5.74, 6) is -0.743. The number of ether oxygens (including phenoxy) is 1. The minimum absolute atomic E-state index is 0.0390. The van der Waals surface area contributed by atoms with Crippen molar-refractivity contribution >= 4 is 29.1 Å². The van der Waals surface area contributed by atoms with Crippen LogP contribution < -0.4 is 10.5 Å². The predicted molar refractivity (Wildman–Crippen MR) is 82.1 cm³/mol. The predicted octanol–water partition coefficient (Wildman–Crippen LogP) is 1.49. The summed E-state index contributed by atoms with van der Waals surface area (Å²) in [6, 6.07) is 3.09. The highest BCUT2D eigenvalue weighted by Gasteiger charge is 2.30. The summed E-state index contributed by atoms with van der Waals surface area (Å²) in [5, 5.41) is 10.7. The van der Waals surface area contributed by atoms with Gasteiger partial charge in [0.2, 0.25) is 5.91 Å². The molecule has 9 heteroatoms. The molecule has 0 spiro atoms. The van der Waals surface area contributed by atoms with E-state index in [1.54, 1.807) is 0 Å². The quantitative estimate of drug-likeness (QED) is 0.643. The first-order valence-electron chi connectivity index (χ1n) is 7.05. The molecule has 1 saturated heterocycles. The lowest BCUT2D eigenvalue weighted by Gasteiger charge is -2.33. The smallest absolute Gasteiger partial charge is 0.271 e. The van der Waals surface area contributed by atoms with E-state index in [2.05, 4.69) is 0 Å². The molecule has 0 aliphatic carbocycles. The highest BCUT2D eigenvalue weighted by atomic mass is 35.5. The Hall–Kier alpha value is -2.35. The van der Waals surface area contributed by atoms with E-state index < -0.39 is 16.9 Å². The zero-order valence-corrected chi connectivity index (χ0v) is 13.0. The molecule has 1 aromatic rings. The zero-order valence-electron chi connectivity index (χ0n) is 12.2. The van der Waals surface area contributed by atoms with Gasteiger partial charge in [-0.1, -0.05) is 11.6 Å². The van der Waals surface area contributed by atoms with E-state index in [1.165, 1.54) is 17.0 Å². The Labute approximate surface area is 137 Å². The molecule has 124 valence electrons. The minimum atomic E-state index is -0.618. The third-order valence-electron chi connectivity index (χ3n) is 3.63. The number of nitro groups is 1. The largest absolute Gasteiger partial charge is 0.482 e. The lowest BCUT2D eigenvalue weighted by atomic mass is 10.0. The molecule has 8 nitrogen and oxygen atoms in total. The van der Waals surface area contributed by atoms with E-state index in [0.717, 1.165) is 18.9 Å². The number of amides is 2. The van der Waals surface area contributed by atoms with Gasteiger partial charge in [-0.3, -0.25) is 19.7 Å². The highest BCUT2D eigenvalue weighted by molar-refractivity contribution is 6.32. The minimum Gasteiger partial charge on any atom is -0.482 e. The van der Waals surface area contributed by atoms with Gasteiger partial charge >= 0.3 is 0 Å². The maximum absolute atomic E-state index is 12.2. The van der Waals surface area contributed by atoms with Crippen molar-refractivity contribution in [2.45, 2.75) is 25.3 Å². The van der Waals surface area contributed by atoms with Crippen LogP contribution in [-0.4, -0.2) is 40.8 Å². The molecule has 1 fully saturated rings.